The van der Waals surface area contributed by atoms with Crippen molar-refractivity contribution in [2.24, 2.45) is 0 Å². The van der Waals surface area contributed by atoms with Crippen LogP contribution in [0, 0.1) is 0 Å². The number of para-hydroxylation sites is 2. The van der Waals surface area contributed by atoms with Gasteiger partial charge in [-0.25, -0.2) is 0 Å². The van der Waals surface area contributed by atoms with Crippen LogP contribution in [-0.4, -0.2) is 6.71 Å². The lowest BCUT2D eigenvalue weighted by Crippen LogP contribution is -2.61. The molecule has 1 aliphatic carbocycles. The summed E-state index contributed by atoms with van der Waals surface area (Å²) in [5.41, 5.74) is 18.9. The van der Waals surface area contributed by atoms with Gasteiger partial charge in [-0.3, -0.25) is 0 Å². The third-order valence-electron chi connectivity index (χ3n) is 14.7. The standard InChI is InChI=1S/C61H41BN2/c1-61(2)52-24-14-13-23-48(52)49-28-25-42(35-53(49)61)45-36-56-58-57(37-45)64(47-21-7-4-8-22-47)60-51-34-41-18-12-10-16-39(41)32-44(51)27-30-55(60)62(58)54-29-26-43-31-38-15-9-11-17-40(38)33-50(43)59(54)63(56)46-19-5-3-6-20-46/h3-37H,1-2H3. The molecule has 0 bridgehead atoms. The topological polar surface area (TPSA) is 6.48 Å². The average molecular weight is 813 g/mol. The summed E-state index contributed by atoms with van der Waals surface area (Å²) in [6.07, 6.45) is 0. The van der Waals surface area contributed by atoms with Crippen LogP contribution in [0.2, 0.25) is 0 Å². The zero-order valence-electron chi connectivity index (χ0n) is 35.7. The fraction of sp³-hybridized carbons (Fsp3) is 0.0492. The summed E-state index contributed by atoms with van der Waals surface area (Å²) >= 11 is 0. The quantitative estimate of drug-likeness (QED) is 0.130. The first-order valence-corrected chi connectivity index (χ1v) is 22.5. The van der Waals surface area contributed by atoms with E-state index in [0.717, 1.165) is 11.4 Å². The smallest absolute Gasteiger partial charge is 0.252 e. The Kier molecular flexibility index (Phi) is 7.29. The van der Waals surface area contributed by atoms with Gasteiger partial charge >= 0.3 is 0 Å². The number of hydrogen-bond acceptors (Lipinski definition) is 2. The summed E-state index contributed by atoms with van der Waals surface area (Å²) in [4.78, 5) is 5.17. The highest BCUT2D eigenvalue weighted by atomic mass is 15.2. The predicted octanol–water partition coefficient (Wildman–Crippen LogP) is 14.4. The molecular formula is C61H41BN2. The van der Waals surface area contributed by atoms with E-state index in [1.165, 1.54) is 116 Å². The fourth-order valence-electron chi connectivity index (χ4n) is 11.7. The van der Waals surface area contributed by atoms with Crippen molar-refractivity contribution in [2.75, 3.05) is 9.80 Å². The molecule has 0 saturated carbocycles. The van der Waals surface area contributed by atoms with Crippen LogP contribution < -0.4 is 26.2 Å². The maximum absolute atomic E-state index is 2.58. The van der Waals surface area contributed by atoms with Gasteiger partial charge in [0.2, 0.25) is 0 Å². The van der Waals surface area contributed by atoms with Crippen molar-refractivity contribution >= 4 is 100 Å². The van der Waals surface area contributed by atoms with E-state index in [0.29, 0.717) is 0 Å². The second kappa shape index (κ2) is 13.1. The van der Waals surface area contributed by atoms with Crippen LogP contribution in [0.1, 0.15) is 25.0 Å². The highest BCUT2D eigenvalue weighted by Crippen LogP contribution is 2.52. The van der Waals surface area contributed by atoms with Gasteiger partial charge in [-0.05, 0) is 149 Å². The molecular weight excluding hydrogens is 771 g/mol. The Morgan fingerprint density at radius 2 is 0.828 bits per heavy atom. The van der Waals surface area contributed by atoms with Crippen molar-refractivity contribution in [3.8, 4) is 22.3 Å². The number of fused-ring (bicyclic) bond motifs is 13. The second-order valence-electron chi connectivity index (χ2n) is 18.5. The molecule has 0 N–H and O–H groups in total. The molecule has 0 radical (unpaired) electrons. The molecule has 298 valence electrons. The van der Waals surface area contributed by atoms with Crippen LogP contribution >= 0.6 is 0 Å². The van der Waals surface area contributed by atoms with Crippen LogP contribution in [-0.2, 0) is 5.41 Å². The third kappa shape index (κ3) is 4.92. The van der Waals surface area contributed by atoms with Crippen molar-refractivity contribution in [3.63, 3.8) is 0 Å². The van der Waals surface area contributed by atoms with Gasteiger partial charge < -0.3 is 9.80 Å². The highest BCUT2D eigenvalue weighted by molar-refractivity contribution is 7.00. The van der Waals surface area contributed by atoms with Gasteiger partial charge in [0.1, 0.15) is 0 Å². The van der Waals surface area contributed by atoms with Gasteiger partial charge in [-0.2, -0.15) is 0 Å². The Balaban J connectivity index is 1.14. The van der Waals surface area contributed by atoms with Gasteiger partial charge in [0.25, 0.3) is 6.71 Å². The van der Waals surface area contributed by atoms with Crippen molar-refractivity contribution in [3.05, 3.63) is 223 Å². The van der Waals surface area contributed by atoms with E-state index in [9.17, 15) is 0 Å². The lowest BCUT2D eigenvalue weighted by molar-refractivity contribution is 0.660. The van der Waals surface area contributed by atoms with Gasteiger partial charge in [-0.15, -0.1) is 0 Å². The van der Waals surface area contributed by atoms with Gasteiger partial charge in [0.15, 0.2) is 0 Å². The average Bonchev–Trinajstić information content (AvgIpc) is 3.57. The van der Waals surface area contributed by atoms with E-state index in [1.807, 2.05) is 0 Å². The van der Waals surface area contributed by atoms with E-state index in [-0.39, 0.29) is 12.1 Å². The molecule has 3 heteroatoms. The first-order chi connectivity index (χ1) is 31.5. The van der Waals surface area contributed by atoms with Crippen molar-refractivity contribution in [1.82, 2.24) is 0 Å². The molecule has 2 nitrogen and oxygen atoms in total. The van der Waals surface area contributed by atoms with Crippen molar-refractivity contribution in [2.45, 2.75) is 19.3 Å². The molecule has 3 aliphatic rings. The van der Waals surface area contributed by atoms with E-state index in [1.54, 1.807) is 0 Å². The highest BCUT2D eigenvalue weighted by Gasteiger charge is 2.45. The molecule has 2 aliphatic heterocycles. The lowest BCUT2D eigenvalue weighted by Gasteiger charge is -2.45. The minimum absolute atomic E-state index is 0.0239. The minimum Gasteiger partial charge on any atom is -0.311 e. The minimum atomic E-state index is -0.122. The van der Waals surface area contributed by atoms with Crippen molar-refractivity contribution in [1.29, 1.82) is 0 Å². The molecule has 64 heavy (non-hydrogen) atoms. The Labute approximate surface area is 373 Å². The molecule has 0 saturated heterocycles. The van der Waals surface area contributed by atoms with Crippen LogP contribution in [0.25, 0.3) is 65.3 Å². The van der Waals surface area contributed by atoms with E-state index < -0.39 is 0 Å². The molecule has 11 aromatic carbocycles. The van der Waals surface area contributed by atoms with Crippen LogP contribution in [0.4, 0.5) is 34.1 Å². The van der Waals surface area contributed by atoms with Crippen LogP contribution in [0.3, 0.4) is 0 Å². The SMILES string of the molecule is CC1(C)c2ccccc2-c2ccc(-c3cc4c5c(c3)N(c3ccccc3)c3c(ccc6cc7ccccc7cc36)B5c3ccc5cc6ccccc6cc5c3N4c3ccccc3)cc21. The number of anilines is 6. The Bertz CT molecular complexity index is 3590. The first-order valence-electron chi connectivity index (χ1n) is 22.5. The zero-order valence-corrected chi connectivity index (χ0v) is 35.7. The molecule has 14 rings (SSSR count). The summed E-state index contributed by atoms with van der Waals surface area (Å²) in [7, 11) is 0. The van der Waals surface area contributed by atoms with Gasteiger partial charge in [-0.1, -0.05) is 159 Å². The zero-order chi connectivity index (χ0) is 42.3. The molecule has 0 fully saturated rings. The monoisotopic (exact) mass is 812 g/mol. The molecule has 0 amide bonds. The summed E-state index contributed by atoms with van der Waals surface area (Å²) in [6, 6.07) is 80.1. The van der Waals surface area contributed by atoms with Crippen LogP contribution in [0.5, 0.6) is 0 Å². The van der Waals surface area contributed by atoms with Crippen LogP contribution in [0.15, 0.2) is 212 Å². The Morgan fingerprint density at radius 3 is 1.38 bits per heavy atom. The molecule has 0 unspecified atom stereocenters. The summed E-state index contributed by atoms with van der Waals surface area (Å²) in [5.74, 6) is 0. The second-order valence-corrected chi connectivity index (χ2v) is 18.5. The first kappa shape index (κ1) is 35.7. The maximum Gasteiger partial charge on any atom is 0.252 e. The normalized spacial score (nSPS) is 14.1. The number of benzene rings is 11. The molecule has 0 atom stereocenters. The molecule has 11 aromatic rings. The molecule has 0 spiro atoms. The van der Waals surface area contributed by atoms with E-state index in [2.05, 4.69) is 236 Å². The number of nitrogens with zero attached hydrogens (tertiary/aromatic N) is 2. The van der Waals surface area contributed by atoms with E-state index >= 15 is 0 Å². The summed E-state index contributed by atoms with van der Waals surface area (Å²) in [6.45, 7) is 4.74. The summed E-state index contributed by atoms with van der Waals surface area (Å²) < 4.78 is 0. The maximum atomic E-state index is 2.58. The third-order valence-corrected chi connectivity index (χ3v) is 14.7. The Morgan fingerprint density at radius 1 is 0.359 bits per heavy atom. The fourth-order valence-corrected chi connectivity index (χ4v) is 11.7. The van der Waals surface area contributed by atoms with Crippen molar-refractivity contribution < 1.29 is 0 Å². The lowest BCUT2D eigenvalue weighted by atomic mass is 9.33. The largest absolute Gasteiger partial charge is 0.311 e. The predicted molar refractivity (Wildman–Crippen MR) is 273 cm³/mol. The molecule has 0 aromatic heterocycles. The molecule has 2 heterocycles. The number of rotatable bonds is 3. The van der Waals surface area contributed by atoms with E-state index in [4.69, 9.17) is 0 Å². The van der Waals surface area contributed by atoms with Gasteiger partial charge in [0.05, 0.1) is 0 Å². The van der Waals surface area contributed by atoms with Gasteiger partial charge in [0, 0.05) is 50.3 Å². The summed E-state index contributed by atoms with van der Waals surface area (Å²) in [5, 5.41) is 10.00. The number of hydrogen-bond donors (Lipinski definition) is 0. The Hall–Kier alpha value is -7.88.